The van der Waals surface area contributed by atoms with E-state index in [4.69, 9.17) is 5.73 Å². The lowest BCUT2D eigenvalue weighted by molar-refractivity contribution is -0.121. The van der Waals surface area contributed by atoms with Crippen molar-refractivity contribution in [3.8, 4) is 0 Å². The zero-order valence-corrected chi connectivity index (χ0v) is 11.4. The molecule has 0 unspecified atom stereocenters. The van der Waals surface area contributed by atoms with Crippen molar-refractivity contribution in [2.75, 3.05) is 24.7 Å². The highest BCUT2D eigenvalue weighted by Gasteiger charge is 2.33. The number of amides is 2. The van der Waals surface area contributed by atoms with Crippen LogP contribution in [0.3, 0.4) is 0 Å². The summed E-state index contributed by atoms with van der Waals surface area (Å²) in [6.45, 7) is 0.701. The summed E-state index contributed by atoms with van der Waals surface area (Å²) in [4.78, 5) is 22.1. The molecule has 6 heteroatoms. The summed E-state index contributed by atoms with van der Waals surface area (Å²) in [6.07, 6.45) is 4.62. The SMILES string of the molecule is NC(=O)CSCCC(=O)NCC1(CO)CCCC1. The first-order valence-electron chi connectivity index (χ1n) is 6.32. The molecule has 0 radical (unpaired) electrons. The van der Waals surface area contributed by atoms with Crippen molar-refractivity contribution in [2.24, 2.45) is 11.1 Å². The van der Waals surface area contributed by atoms with Gasteiger partial charge >= 0.3 is 0 Å². The summed E-state index contributed by atoms with van der Waals surface area (Å²) in [7, 11) is 0. The van der Waals surface area contributed by atoms with Crippen LogP contribution in [0, 0.1) is 5.41 Å². The Balaban J connectivity index is 2.14. The molecule has 0 aliphatic heterocycles. The standard InChI is InChI=1S/C12H22N2O3S/c13-10(16)7-18-6-3-11(17)14-8-12(9-15)4-1-2-5-12/h15H,1-9H2,(H2,13,16)(H,14,17). The molecule has 1 rings (SSSR count). The molecular formula is C12H22N2O3S. The molecule has 5 nitrogen and oxygen atoms in total. The number of primary amides is 1. The summed E-state index contributed by atoms with van der Waals surface area (Å²) in [5, 5.41) is 12.3. The van der Waals surface area contributed by atoms with Crippen molar-refractivity contribution in [1.82, 2.24) is 5.32 Å². The molecule has 1 aliphatic rings. The van der Waals surface area contributed by atoms with Crippen LogP contribution in [-0.4, -0.2) is 41.6 Å². The topological polar surface area (TPSA) is 92.4 Å². The minimum absolute atomic E-state index is 0.0216. The maximum Gasteiger partial charge on any atom is 0.227 e. The Kier molecular flexibility index (Phi) is 6.49. The summed E-state index contributed by atoms with van der Waals surface area (Å²) >= 11 is 1.37. The molecule has 0 bridgehead atoms. The first-order valence-corrected chi connectivity index (χ1v) is 7.47. The highest BCUT2D eigenvalue weighted by Crippen LogP contribution is 2.36. The highest BCUT2D eigenvalue weighted by molar-refractivity contribution is 7.99. The number of carbonyl (C=O) groups excluding carboxylic acids is 2. The Labute approximate surface area is 112 Å². The molecule has 0 saturated heterocycles. The van der Waals surface area contributed by atoms with E-state index >= 15 is 0 Å². The molecule has 0 spiro atoms. The monoisotopic (exact) mass is 274 g/mol. The van der Waals surface area contributed by atoms with Gasteiger partial charge in [0.2, 0.25) is 11.8 Å². The lowest BCUT2D eigenvalue weighted by Crippen LogP contribution is -2.38. The molecule has 1 aliphatic carbocycles. The van der Waals surface area contributed by atoms with Crippen molar-refractivity contribution < 1.29 is 14.7 Å². The number of hydrogen-bond acceptors (Lipinski definition) is 4. The number of carbonyl (C=O) groups is 2. The van der Waals surface area contributed by atoms with E-state index in [1.165, 1.54) is 11.8 Å². The Morgan fingerprint density at radius 1 is 1.33 bits per heavy atom. The minimum Gasteiger partial charge on any atom is -0.396 e. The summed E-state index contributed by atoms with van der Waals surface area (Å²) in [5.74, 6) is 0.478. The van der Waals surface area contributed by atoms with Crippen LogP contribution in [-0.2, 0) is 9.59 Å². The Morgan fingerprint density at radius 3 is 2.56 bits per heavy atom. The normalized spacial score (nSPS) is 17.6. The molecule has 18 heavy (non-hydrogen) atoms. The van der Waals surface area contributed by atoms with Gasteiger partial charge in [-0.05, 0) is 12.8 Å². The number of nitrogens with two attached hydrogens (primary N) is 1. The van der Waals surface area contributed by atoms with Crippen LogP contribution >= 0.6 is 11.8 Å². The van der Waals surface area contributed by atoms with Gasteiger partial charge in [0, 0.05) is 24.1 Å². The molecule has 0 atom stereocenters. The van der Waals surface area contributed by atoms with Crippen LogP contribution in [0.1, 0.15) is 32.1 Å². The molecular weight excluding hydrogens is 252 g/mol. The first kappa shape index (κ1) is 15.3. The third-order valence-electron chi connectivity index (χ3n) is 3.38. The third-order valence-corrected chi connectivity index (χ3v) is 4.36. The van der Waals surface area contributed by atoms with Gasteiger partial charge in [0.25, 0.3) is 0 Å². The van der Waals surface area contributed by atoms with E-state index in [9.17, 15) is 14.7 Å². The maximum atomic E-state index is 11.6. The second-order valence-electron chi connectivity index (χ2n) is 4.91. The Hall–Kier alpha value is -0.750. The molecule has 0 aromatic heterocycles. The molecule has 1 fully saturated rings. The molecule has 104 valence electrons. The van der Waals surface area contributed by atoms with Gasteiger partial charge in [-0.15, -0.1) is 0 Å². The van der Waals surface area contributed by atoms with Gasteiger partial charge in [0.1, 0.15) is 0 Å². The van der Waals surface area contributed by atoms with Gasteiger partial charge in [-0.25, -0.2) is 0 Å². The van der Waals surface area contributed by atoms with Crippen molar-refractivity contribution in [3.63, 3.8) is 0 Å². The number of hydrogen-bond donors (Lipinski definition) is 3. The summed E-state index contributed by atoms with van der Waals surface area (Å²) in [6, 6.07) is 0. The van der Waals surface area contributed by atoms with E-state index in [-0.39, 0.29) is 29.6 Å². The molecule has 4 N–H and O–H groups in total. The number of aliphatic hydroxyl groups is 1. The molecule has 0 heterocycles. The van der Waals surface area contributed by atoms with Gasteiger partial charge in [-0.2, -0.15) is 11.8 Å². The van der Waals surface area contributed by atoms with E-state index in [1.54, 1.807) is 0 Å². The largest absolute Gasteiger partial charge is 0.396 e. The lowest BCUT2D eigenvalue weighted by atomic mass is 9.87. The Morgan fingerprint density at radius 2 is 2.00 bits per heavy atom. The van der Waals surface area contributed by atoms with Crippen LogP contribution in [0.4, 0.5) is 0 Å². The van der Waals surface area contributed by atoms with Crippen LogP contribution in [0.15, 0.2) is 0 Å². The minimum atomic E-state index is -0.356. The zero-order chi connectivity index (χ0) is 13.4. The second kappa shape index (κ2) is 7.63. The number of nitrogens with one attached hydrogen (secondary N) is 1. The highest BCUT2D eigenvalue weighted by atomic mass is 32.2. The fourth-order valence-corrected chi connectivity index (χ4v) is 2.90. The predicted molar refractivity (Wildman–Crippen MR) is 72.1 cm³/mol. The average molecular weight is 274 g/mol. The zero-order valence-electron chi connectivity index (χ0n) is 10.6. The fourth-order valence-electron chi connectivity index (χ4n) is 2.23. The number of aliphatic hydroxyl groups excluding tert-OH is 1. The van der Waals surface area contributed by atoms with Crippen LogP contribution in [0.5, 0.6) is 0 Å². The quantitative estimate of drug-likeness (QED) is 0.554. The van der Waals surface area contributed by atoms with Crippen LogP contribution in [0.25, 0.3) is 0 Å². The smallest absolute Gasteiger partial charge is 0.227 e. The third kappa shape index (κ3) is 5.27. The van der Waals surface area contributed by atoms with Crippen LogP contribution < -0.4 is 11.1 Å². The maximum absolute atomic E-state index is 11.6. The van der Waals surface area contributed by atoms with Gasteiger partial charge < -0.3 is 16.2 Å². The van der Waals surface area contributed by atoms with Crippen molar-refractivity contribution in [3.05, 3.63) is 0 Å². The average Bonchev–Trinajstić information content (AvgIpc) is 2.81. The van der Waals surface area contributed by atoms with Gasteiger partial charge in [0.05, 0.1) is 12.4 Å². The molecule has 2 amide bonds. The fraction of sp³-hybridized carbons (Fsp3) is 0.833. The molecule has 1 saturated carbocycles. The van der Waals surface area contributed by atoms with Gasteiger partial charge in [-0.3, -0.25) is 9.59 Å². The lowest BCUT2D eigenvalue weighted by Gasteiger charge is -2.26. The van der Waals surface area contributed by atoms with E-state index in [2.05, 4.69) is 5.32 Å². The van der Waals surface area contributed by atoms with Crippen LogP contribution in [0.2, 0.25) is 0 Å². The van der Waals surface area contributed by atoms with E-state index in [0.29, 0.717) is 18.7 Å². The van der Waals surface area contributed by atoms with E-state index in [0.717, 1.165) is 25.7 Å². The summed E-state index contributed by atoms with van der Waals surface area (Å²) < 4.78 is 0. The Bertz CT molecular complexity index is 291. The van der Waals surface area contributed by atoms with Crippen molar-refractivity contribution >= 4 is 23.6 Å². The van der Waals surface area contributed by atoms with E-state index < -0.39 is 0 Å². The van der Waals surface area contributed by atoms with Gasteiger partial charge in [-0.1, -0.05) is 12.8 Å². The van der Waals surface area contributed by atoms with Gasteiger partial charge in [0.15, 0.2) is 0 Å². The van der Waals surface area contributed by atoms with Crippen molar-refractivity contribution in [2.45, 2.75) is 32.1 Å². The molecule has 0 aromatic carbocycles. The number of rotatable bonds is 8. The van der Waals surface area contributed by atoms with E-state index in [1.807, 2.05) is 0 Å². The summed E-state index contributed by atoms with van der Waals surface area (Å²) in [5.41, 5.74) is 4.90. The second-order valence-corrected chi connectivity index (χ2v) is 6.02. The molecule has 0 aromatic rings. The number of thioether (sulfide) groups is 1. The first-order chi connectivity index (χ1) is 8.58. The predicted octanol–water partition coefficient (Wildman–Crippen LogP) is 0.264. The van der Waals surface area contributed by atoms with Crippen molar-refractivity contribution in [1.29, 1.82) is 0 Å².